The number of carbonyl (C=O) groups is 1. The number of rotatable bonds is 5. The third kappa shape index (κ3) is 2.98. The molecule has 2 N–H and O–H groups in total. The lowest BCUT2D eigenvalue weighted by Crippen LogP contribution is -2.55. The zero-order chi connectivity index (χ0) is 17.7. The molecule has 2 aliphatic carbocycles. The van der Waals surface area contributed by atoms with Crippen molar-refractivity contribution in [2.45, 2.75) is 50.6 Å². The quantitative estimate of drug-likeness (QED) is 0.833. The number of amides is 1. The molecule has 3 aliphatic rings. The Balaban J connectivity index is 1.43. The summed E-state index contributed by atoms with van der Waals surface area (Å²) in [5.41, 5.74) is -0.999. The molecule has 1 unspecified atom stereocenters. The molecule has 9 heteroatoms. The van der Waals surface area contributed by atoms with Gasteiger partial charge in [-0.3, -0.25) is 4.79 Å². The summed E-state index contributed by atoms with van der Waals surface area (Å²) >= 11 is 0. The molecule has 1 aromatic heterocycles. The van der Waals surface area contributed by atoms with Gasteiger partial charge in [0.15, 0.2) is 0 Å². The monoisotopic (exact) mass is 356 g/mol. The van der Waals surface area contributed by atoms with Crippen LogP contribution in [0.15, 0.2) is 4.42 Å². The summed E-state index contributed by atoms with van der Waals surface area (Å²) in [6.07, 6.45) is 2.54. The van der Waals surface area contributed by atoms with Gasteiger partial charge in [-0.25, -0.2) is 0 Å². The van der Waals surface area contributed by atoms with Crippen LogP contribution in [0, 0.1) is 11.3 Å². The highest BCUT2D eigenvalue weighted by atomic mass is 19.3. The first kappa shape index (κ1) is 16.7. The average Bonchev–Trinajstić information content (AvgIpc) is 3.12. The van der Waals surface area contributed by atoms with Crippen LogP contribution in [0.3, 0.4) is 0 Å². The number of alkyl halides is 2. The second-order valence-corrected chi connectivity index (χ2v) is 7.57. The van der Waals surface area contributed by atoms with Gasteiger partial charge in [0.25, 0.3) is 11.8 Å². The van der Waals surface area contributed by atoms with Gasteiger partial charge in [0.1, 0.15) is 5.60 Å². The number of nitrogens with zero attached hydrogens (tertiary/aromatic N) is 3. The molecule has 1 saturated heterocycles. The van der Waals surface area contributed by atoms with Gasteiger partial charge in [-0.2, -0.15) is 8.78 Å². The van der Waals surface area contributed by atoms with Gasteiger partial charge < -0.3 is 19.7 Å². The van der Waals surface area contributed by atoms with Crippen LogP contribution in [-0.4, -0.2) is 46.4 Å². The van der Waals surface area contributed by atoms with Gasteiger partial charge in [-0.15, -0.1) is 5.10 Å². The molecule has 1 aliphatic heterocycles. The molecular weight excluding hydrogens is 334 g/mol. The van der Waals surface area contributed by atoms with Gasteiger partial charge >= 0.3 is 12.4 Å². The number of hydrogen-bond donors (Lipinski definition) is 2. The van der Waals surface area contributed by atoms with Crippen molar-refractivity contribution >= 4 is 11.9 Å². The van der Waals surface area contributed by atoms with Crippen LogP contribution < -0.4 is 10.2 Å². The van der Waals surface area contributed by atoms with Crippen LogP contribution in [0.2, 0.25) is 0 Å². The zero-order valence-electron chi connectivity index (χ0n) is 13.9. The number of nitrogens with one attached hydrogen (secondary N) is 1. The van der Waals surface area contributed by atoms with Crippen molar-refractivity contribution in [3.8, 4) is 0 Å². The molecule has 1 spiro atoms. The molecular formula is C16H22F2N4O3. The Bertz CT molecular complexity index is 658. The molecule has 0 aromatic carbocycles. The Morgan fingerprint density at radius 3 is 2.64 bits per heavy atom. The third-order valence-electron chi connectivity index (χ3n) is 6.08. The van der Waals surface area contributed by atoms with E-state index in [2.05, 4.69) is 15.5 Å². The maximum absolute atomic E-state index is 12.7. The molecule has 0 radical (unpaired) electrons. The minimum absolute atomic E-state index is 0.113. The van der Waals surface area contributed by atoms with E-state index in [4.69, 9.17) is 4.42 Å². The fourth-order valence-corrected chi connectivity index (χ4v) is 4.02. The van der Waals surface area contributed by atoms with Crippen molar-refractivity contribution in [2.24, 2.45) is 11.3 Å². The molecule has 138 valence electrons. The number of halogens is 2. The molecule has 2 saturated carbocycles. The summed E-state index contributed by atoms with van der Waals surface area (Å²) < 4.78 is 30.4. The smallest absolute Gasteiger partial charge is 0.318 e. The van der Waals surface area contributed by atoms with E-state index in [1.807, 2.05) is 4.90 Å². The van der Waals surface area contributed by atoms with Crippen LogP contribution in [0.5, 0.6) is 0 Å². The molecule has 2 heterocycles. The lowest BCUT2D eigenvalue weighted by Gasteiger charge is -2.53. The Labute approximate surface area is 143 Å². The summed E-state index contributed by atoms with van der Waals surface area (Å²) in [6.45, 7) is 1.72. The highest BCUT2D eigenvalue weighted by Crippen LogP contribution is 2.52. The summed E-state index contributed by atoms with van der Waals surface area (Å²) in [5.74, 6) is -0.806. The van der Waals surface area contributed by atoms with Crippen LogP contribution in [-0.2, 0) is 4.79 Å². The fourth-order valence-electron chi connectivity index (χ4n) is 4.02. The molecule has 1 aromatic rings. The lowest BCUT2D eigenvalue weighted by atomic mass is 9.57. The number of carbonyl (C=O) groups excluding carboxylic acids is 1. The molecule has 0 bridgehead atoms. The van der Waals surface area contributed by atoms with Gasteiger partial charge in [0.05, 0.1) is 0 Å². The number of aromatic nitrogens is 2. The van der Waals surface area contributed by atoms with Crippen molar-refractivity contribution in [3.05, 3.63) is 5.89 Å². The maximum Gasteiger partial charge on any atom is 0.318 e. The number of aliphatic hydroxyl groups is 1. The average molecular weight is 356 g/mol. The Morgan fingerprint density at radius 2 is 2.08 bits per heavy atom. The zero-order valence-corrected chi connectivity index (χ0v) is 13.9. The van der Waals surface area contributed by atoms with E-state index in [9.17, 15) is 18.7 Å². The second-order valence-electron chi connectivity index (χ2n) is 7.57. The minimum atomic E-state index is -2.78. The van der Waals surface area contributed by atoms with Crippen LogP contribution in [0.25, 0.3) is 0 Å². The van der Waals surface area contributed by atoms with Crippen LogP contribution in [0.1, 0.15) is 50.8 Å². The van der Waals surface area contributed by atoms with Gasteiger partial charge in [-0.1, -0.05) is 11.5 Å². The topological polar surface area (TPSA) is 91.5 Å². The molecule has 4 rings (SSSR count). The van der Waals surface area contributed by atoms with E-state index in [-0.39, 0.29) is 23.3 Å². The maximum atomic E-state index is 12.7. The molecule has 1 amide bonds. The lowest BCUT2D eigenvalue weighted by molar-refractivity contribution is -0.132. The Hall–Kier alpha value is -1.77. The van der Waals surface area contributed by atoms with Crippen molar-refractivity contribution in [1.29, 1.82) is 0 Å². The normalized spacial score (nSPS) is 26.6. The Morgan fingerprint density at radius 1 is 1.32 bits per heavy atom. The summed E-state index contributed by atoms with van der Waals surface area (Å²) in [6, 6.07) is 0.113. The fraction of sp³-hybridized carbons (Fsp3) is 0.812. The first-order chi connectivity index (χ1) is 11.9. The van der Waals surface area contributed by atoms with Crippen molar-refractivity contribution < 1.29 is 23.1 Å². The van der Waals surface area contributed by atoms with Crippen molar-refractivity contribution in [2.75, 3.05) is 24.5 Å². The molecule has 1 atom stereocenters. The van der Waals surface area contributed by atoms with E-state index < -0.39 is 17.9 Å². The van der Waals surface area contributed by atoms with E-state index in [1.165, 1.54) is 6.42 Å². The van der Waals surface area contributed by atoms with E-state index in [0.717, 1.165) is 19.3 Å². The van der Waals surface area contributed by atoms with Gasteiger partial charge in [-0.05, 0) is 43.4 Å². The first-order valence-electron chi connectivity index (χ1n) is 8.79. The first-order valence-corrected chi connectivity index (χ1v) is 8.79. The number of hydrogen-bond acceptors (Lipinski definition) is 6. The number of anilines is 1. The minimum Gasteiger partial charge on any atom is -0.402 e. The second kappa shape index (κ2) is 5.89. The van der Waals surface area contributed by atoms with E-state index in [0.29, 0.717) is 32.5 Å². The van der Waals surface area contributed by atoms with Gasteiger partial charge in [0, 0.05) is 19.6 Å². The summed E-state index contributed by atoms with van der Waals surface area (Å²) in [7, 11) is 0. The largest absolute Gasteiger partial charge is 0.402 e. The molecule has 7 nitrogen and oxygen atoms in total. The third-order valence-corrected chi connectivity index (χ3v) is 6.08. The van der Waals surface area contributed by atoms with Crippen molar-refractivity contribution in [1.82, 2.24) is 15.5 Å². The molecule has 3 fully saturated rings. The summed E-state index contributed by atoms with van der Waals surface area (Å²) in [4.78, 5) is 13.8. The van der Waals surface area contributed by atoms with Crippen molar-refractivity contribution in [3.63, 3.8) is 0 Å². The Kier molecular flexibility index (Phi) is 3.93. The highest BCUT2D eigenvalue weighted by molar-refractivity contribution is 5.87. The van der Waals surface area contributed by atoms with Gasteiger partial charge in [0.2, 0.25) is 0 Å². The predicted molar refractivity (Wildman–Crippen MR) is 83.1 cm³/mol. The highest BCUT2D eigenvalue weighted by Gasteiger charge is 2.50. The predicted octanol–water partition coefficient (Wildman–Crippen LogP) is 1.64. The summed E-state index contributed by atoms with van der Waals surface area (Å²) in [5, 5.41) is 19.9. The van der Waals surface area contributed by atoms with E-state index in [1.54, 1.807) is 0 Å². The standard InChI is InChI=1S/C16H22F2N4O3/c17-11(18)12-20-21-14(25-12)22-7-6-15(2-1-3-15)10(9-22)8-19-13(23)16(24)4-5-16/h10-11,24H,1-9H2,(H,19,23). The van der Waals surface area contributed by atoms with Crippen LogP contribution >= 0.6 is 0 Å². The van der Waals surface area contributed by atoms with E-state index >= 15 is 0 Å². The van der Waals surface area contributed by atoms with Crippen LogP contribution in [0.4, 0.5) is 14.8 Å². The SMILES string of the molecule is O=C(NCC1CN(c2nnc(C(F)F)o2)CCC12CCC2)C1(O)CC1. The number of piperidine rings is 1. The molecule has 25 heavy (non-hydrogen) atoms.